The number of hydrogen-bond donors (Lipinski definition) is 3. The second-order valence-electron chi connectivity index (χ2n) is 6.19. The van der Waals surface area contributed by atoms with Gasteiger partial charge in [0.05, 0.1) is 11.4 Å². The number of fused-ring (bicyclic) bond motifs is 1. The first-order valence-electron chi connectivity index (χ1n) is 8.08. The minimum Gasteiger partial charge on any atom is -0.480 e. The Morgan fingerprint density at radius 2 is 2.04 bits per heavy atom. The van der Waals surface area contributed by atoms with Crippen LogP contribution in [0.2, 0.25) is 0 Å². The summed E-state index contributed by atoms with van der Waals surface area (Å²) in [5.41, 5.74) is 1.10. The van der Waals surface area contributed by atoms with Crippen LogP contribution >= 0.6 is 11.8 Å². The van der Waals surface area contributed by atoms with Gasteiger partial charge in [0.1, 0.15) is 12.1 Å². The van der Waals surface area contributed by atoms with E-state index in [1.54, 1.807) is 24.3 Å². The minimum absolute atomic E-state index is 0.131. The lowest BCUT2D eigenvalue weighted by atomic mass is 9.98. The molecule has 25 heavy (non-hydrogen) atoms. The van der Waals surface area contributed by atoms with Gasteiger partial charge in [0.2, 0.25) is 5.91 Å². The molecule has 2 rings (SSSR count). The molecule has 0 bridgehead atoms. The van der Waals surface area contributed by atoms with Crippen LogP contribution in [0.4, 0.5) is 16.2 Å². The maximum atomic E-state index is 12.9. The average molecular weight is 365 g/mol. The van der Waals surface area contributed by atoms with Gasteiger partial charge >= 0.3 is 12.0 Å². The first-order valence-corrected chi connectivity index (χ1v) is 9.47. The second-order valence-corrected chi connectivity index (χ2v) is 7.17. The average Bonchev–Trinajstić information content (AvgIpc) is 2.56. The van der Waals surface area contributed by atoms with E-state index in [9.17, 15) is 19.5 Å². The Balaban J connectivity index is 2.33. The summed E-state index contributed by atoms with van der Waals surface area (Å²) in [5.74, 6) is -0.881. The molecular weight excluding hydrogens is 342 g/mol. The van der Waals surface area contributed by atoms with E-state index in [1.807, 2.05) is 20.1 Å². The molecular formula is C17H23N3O4S. The molecule has 0 saturated carbocycles. The third-order valence-electron chi connectivity index (χ3n) is 4.02. The Morgan fingerprint density at radius 1 is 1.36 bits per heavy atom. The van der Waals surface area contributed by atoms with E-state index in [0.29, 0.717) is 23.5 Å². The lowest BCUT2D eigenvalue weighted by Gasteiger charge is -2.38. The SMILES string of the molecule is CSCC[C@H](NC(=O)N1c2ccccc2NC(=O)[C@H]1C(C)C)C(=O)O. The highest BCUT2D eigenvalue weighted by Gasteiger charge is 2.39. The number of rotatable bonds is 6. The number of aliphatic carboxylic acids is 1. The number of anilines is 2. The number of nitrogens with zero attached hydrogens (tertiary/aromatic N) is 1. The third-order valence-corrected chi connectivity index (χ3v) is 4.67. The van der Waals surface area contributed by atoms with Crippen LogP contribution in [0.1, 0.15) is 20.3 Å². The van der Waals surface area contributed by atoms with Crippen LogP contribution in [-0.4, -0.2) is 47.1 Å². The summed E-state index contributed by atoms with van der Waals surface area (Å²) in [4.78, 5) is 38.1. The van der Waals surface area contributed by atoms with Crippen LogP contribution in [0.5, 0.6) is 0 Å². The number of para-hydroxylation sites is 2. The molecule has 1 heterocycles. The van der Waals surface area contributed by atoms with Crippen LogP contribution in [0.25, 0.3) is 0 Å². The van der Waals surface area contributed by atoms with E-state index in [1.165, 1.54) is 16.7 Å². The van der Waals surface area contributed by atoms with Crippen molar-refractivity contribution in [3.63, 3.8) is 0 Å². The fraction of sp³-hybridized carbons (Fsp3) is 0.471. The zero-order chi connectivity index (χ0) is 18.6. The molecule has 3 amide bonds. The number of thioether (sulfide) groups is 1. The Bertz CT molecular complexity index is 665. The maximum absolute atomic E-state index is 12.9. The summed E-state index contributed by atoms with van der Waals surface area (Å²) in [5, 5.41) is 14.7. The van der Waals surface area contributed by atoms with Crippen molar-refractivity contribution in [2.75, 3.05) is 22.2 Å². The Hall–Kier alpha value is -2.22. The van der Waals surface area contributed by atoms with Crippen molar-refractivity contribution in [2.24, 2.45) is 5.92 Å². The molecule has 0 aliphatic carbocycles. The van der Waals surface area contributed by atoms with Crippen LogP contribution in [0.3, 0.4) is 0 Å². The summed E-state index contributed by atoms with van der Waals surface area (Å²) in [6, 6.07) is 4.72. The molecule has 0 fully saturated rings. The Labute approximate surface area is 151 Å². The van der Waals surface area contributed by atoms with Crippen LogP contribution < -0.4 is 15.5 Å². The van der Waals surface area contributed by atoms with E-state index in [2.05, 4.69) is 10.6 Å². The number of benzene rings is 1. The van der Waals surface area contributed by atoms with Gasteiger partial charge in [-0.3, -0.25) is 9.69 Å². The Morgan fingerprint density at radius 3 is 2.64 bits per heavy atom. The number of carbonyl (C=O) groups is 3. The van der Waals surface area contributed by atoms with Crippen molar-refractivity contribution in [3.05, 3.63) is 24.3 Å². The molecule has 7 nitrogen and oxygen atoms in total. The van der Waals surface area contributed by atoms with E-state index < -0.39 is 24.1 Å². The molecule has 0 aromatic heterocycles. The zero-order valence-electron chi connectivity index (χ0n) is 14.5. The van der Waals surface area contributed by atoms with Crippen molar-refractivity contribution < 1.29 is 19.5 Å². The molecule has 136 valence electrons. The summed E-state index contributed by atoms with van der Waals surface area (Å²) >= 11 is 1.51. The van der Waals surface area contributed by atoms with Crippen molar-refractivity contribution >= 4 is 41.0 Å². The van der Waals surface area contributed by atoms with E-state index in [4.69, 9.17) is 0 Å². The van der Waals surface area contributed by atoms with E-state index >= 15 is 0 Å². The first kappa shape index (κ1) is 19.1. The molecule has 0 spiro atoms. The molecule has 1 aliphatic heterocycles. The highest BCUT2D eigenvalue weighted by Crippen LogP contribution is 2.34. The molecule has 0 saturated heterocycles. The quantitative estimate of drug-likeness (QED) is 0.719. The number of amides is 3. The fourth-order valence-corrected chi connectivity index (χ4v) is 3.28. The predicted molar refractivity (Wildman–Crippen MR) is 99.1 cm³/mol. The van der Waals surface area contributed by atoms with Crippen molar-refractivity contribution in [3.8, 4) is 0 Å². The maximum Gasteiger partial charge on any atom is 0.326 e. The number of carboxylic acid groups (broad SMARTS) is 1. The van der Waals surface area contributed by atoms with Gasteiger partial charge in [0, 0.05) is 0 Å². The molecule has 0 radical (unpaired) electrons. The lowest BCUT2D eigenvalue weighted by Crippen LogP contribution is -2.58. The molecule has 1 aromatic rings. The predicted octanol–water partition coefficient (Wildman–Crippen LogP) is 2.39. The molecule has 2 atom stereocenters. The molecule has 1 aromatic carbocycles. The molecule has 0 unspecified atom stereocenters. The molecule has 1 aliphatic rings. The van der Waals surface area contributed by atoms with Gasteiger partial charge in [0.15, 0.2) is 0 Å². The number of nitrogens with one attached hydrogen (secondary N) is 2. The minimum atomic E-state index is -1.08. The summed E-state index contributed by atoms with van der Waals surface area (Å²) in [6.45, 7) is 3.70. The smallest absolute Gasteiger partial charge is 0.326 e. The van der Waals surface area contributed by atoms with Gasteiger partial charge in [0.25, 0.3) is 0 Å². The largest absolute Gasteiger partial charge is 0.480 e. The third kappa shape index (κ3) is 4.25. The summed E-state index contributed by atoms with van der Waals surface area (Å²) in [6.07, 6.45) is 2.19. The summed E-state index contributed by atoms with van der Waals surface area (Å²) < 4.78 is 0. The zero-order valence-corrected chi connectivity index (χ0v) is 15.3. The highest BCUT2D eigenvalue weighted by atomic mass is 32.2. The van der Waals surface area contributed by atoms with Gasteiger partial charge < -0.3 is 15.7 Å². The standard InChI is InChI=1S/C17H23N3O4S/c1-10(2)14-15(21)18-11-6-4-5-7-13(11)20(14)17(24)19-12(16(22)23)8-9-25-3/h4-7,10,12,14H,8-9H2,1-3H3,(H,18,21)(H,19,24)(H,22,23)/t12-,14+/m0/s1. The normalized spacial score (nSPS) is 17.7. The van der Waals surface area contributed by atoms with Crippen molar-refractivity contribution in [2.45, 2.75) is 32.4 Å². The summed E-state index contributed by atoms with van der Waals surface area (Å²) in [7, 11) is 0. The number of carbonyl (C=O) groups excluding carboxylic acids is 2. The first-order chi connectivity index (χ1) is 11.9. The molecule has 8 heteroatoms. The van der Waals surface area contributed by atoms with Crippen LogP contribution in [0.15, 0.2) is 24.3 Å². The number of hydrogen-bond acceptors (Lipinski definition) is 4. The van der Waals surface area contributed by atoms with E-state index in [-0.39, 0.29) is 11.8 Å². The van der Waals surface area contributed by atoms with Gasteiger partial charge in [-0.15, -0.1) is 0 Å². The van der Waals surface area contributed by atoms with Gasteiger partial charge in [-0.25, -0.2) is 9.59 Å². The van der Waals surface area contributed by atoms with E-state index in [0.717, 1.165) is 0 Å². The molecule has 3 N–H and O–H groups in total. The monoisotopic (exact) mass is 365 g/mol. The van der Waals surface area contributed by atoms with Gasteiger partial charge in [-0.05, 0) is 36.5 Å². The van der Waals surface area contributed by atoms with Crippen LogP contribution in [0, 0.1) is 5.92 Å². The lowest BCUT2D eigenvalue weighted by molar-refractivity contribution is -0.139. The fourth-order valence-electron chi connectivity index (χ4n) is 2.81. The van der Waals surface area contributed by atoms with Crippen molar-refractivity contribution in [1.82, 2.24) is 5.32 Å². The topological polar surface area (TPSA) is 98.7 Å². The Kier molecular flexibility index (Phi) is 6.30. The van der Waals surface area contributed by atoms with Crippen LogP contribution in [-0.2, 0) is 9.59 Å². The number of carboxylic acids is 1. The van der Waals surface area contributed by atoms with Gasteiger partial charge in [-0.1, -0.05) is 26.0 Å². The highest BCUT2D eigenvalue weighted by molar-refractivity contribution is 7.98. The second kappa shape index (κ2) is 8.24. The van der Waals surface area contributed by atoms with Crippen molar-refractivity contribution in [1.29, 1.82) is 0 Å². The van der Waals surface area contributed by atoms with Gasteiger partial charge in [-0.2, -0.15) is 11.8 Å². The number of urea groups is 1.